The van der Waals surface area contributed by atoms with E-state index in [4.69, 9.17) is 32.8 Å². The van der Waals surface area contributed by atoms with Gasteiger partial charge in [0.2, 0.25) is 5.91 Å². The number of methoxy groups -OCH3 is 1. The van der Waals surface area contributed by atoms with Crippen LogP contribution in [0.2, 0.25) is 0 Å². The standard InChI is InChI=1S/C21H21B3N8O4/c1-25-9-15-28-20(36-32-15)11-4-3-5-12(17(11)35-2)26-13-8-14(27-18(33)10-6-7-10)30-31-16(13)19(34)29-21(22,23)24/h3-5,8,10,25H,6-7,9H2,1-2H3,(H,29,34)(H2,26,27,30,33). The van der Waals surface area contributed by atoms with Crippen LogP contribution in [0.1, 0.15) is 29.2 Å². The maximum absolute atomic E-state index is 12.8. The van der Waals surface area contributed by atoms with Gasteiger partial charge < -0.3 is 30.5 Å². The summed E-state index contributed by atoms with van der Waals surface area (Å²) in [7, 11) is 19.8. The third-order valence-corrected chi connectivity index (χ3v) is 5.06. The number of nitrogens with zero attached hydrogens (tertiary/aromatic N) is 4. The maximum Gasteiger partial charge on any atom is 0.272 e. The highest BCUT2D eigenvalue weighted by atomic mass is 16.5. The van der Waals surface area contributed by atoms with Gasteiger partial charge in [0.05, 0.1) is 54.1 Å². The summed E-state index contributed by atoms with van der Waals surface area (Å²) < 4.78 is 11.0. The Hall–Kier alpha value is -3.87. The average molecular weight is 482 g/mol. The number of ether oxygens (including phenoxy) is 1. The van der Waals surface area contributed by atoms with E-state index < -0.39 is 11.1 Å². The molecule has 1 aliphatic carbocycles. The topological polar surface area (TPSA) is 156 Å². The Morgan fingerprint density at radius 2 is 1.97 bits per heavy atom. The fourth-order valence-electron chi connectivity index (χ4n) is 3.31. The number of hydrogen-bond donors (Lipinski definition) is 4. The van der Waals surface area contributed by atoms with Crippen molar-refractivity contribution >= 4 is 52.5 Å². The number of hydrogen-bond acceptors (Lipinski definition) is 10. The van der Waals surface area contributed by atoms with E-state index in [1.54, 1.807) is 25.2 Å². The van der Waals surface area contributed by atoms with Crippen LogP contribution >= 0.6 is 0 Å². The molecule has 0 aliphatic heterocycles. The van der Waals surface area contributed by atoms with E-state index in [2.05, 4.69) is 41.6 Å². The Labute approximate surface area is 211 Å². The molecule has 6 radical (unpaired) electrons. The van der Waals surface area contributed by atoms with Crippen molar-refractivity contribution in [3.8, 4) is 17.2 Å². The highest BCUT2D eigenvalue weighted by Gasteiger charge is 2.30. The largest absolute Gasteiger partial charge is 0.494 e. The number of nitrogens with one attached hydrogen (secondary N) is 4. The minimum Gasteiger partial charge on any atom is -0.494 e. The summed E-state index contributed by atoms with van der Waals surface area (Å²) >= 11 is 0. The van der Waals surface area contributed by atoms with Crippen LogP contribution in [0.15, 0.2) is 28.8 Å². The summed E-state index contributed by atoms with van der Waals surface area (Å²) in [4.78, 5) is 29.4. The third-order valence-electron chi connectivity index (χ3n) is 5.06. The molecular formula is C21H21B3N8O4. The monoisotopic (exact) mass is 482 g/mol. The van der Waals surface area contributed by atoms with E-state index in [0.29, 0.717) is 29.4 Å². The molecule has 4 rings (SSSR count). The molecule has 0 atom stereocenters. The van der Waals surface area contributed by atoms with E-state index >= 15 is 0 Å². The summed E-state index contributed by atoms with van der Waals surface area (Å²) in [6.07, 6.45) is 1.62. The second-order valence-corrected chi connectivity index (χ2v) is 8.20. The van der Waals surface area contributed by atoms with Gasteiger partial charge in [-0.1, -0.05) is 16.5 Å². The van der Waals surface area contributed by atoms with Crippen molar-refractivity contribution in [1.29, 1.82) is 0 Å². The lowest BCUT2D eigenvalue weighted by atomic mass is 9.49. The first-order valence-corrected chi connectivity index (χ1v) is 11.0. The molecule has 0 bridgehead atoms. The van der Waals surface area contributed by atoms with Gasteiger partial charge in [-0.2, -0.15) is 4.98 Å². The van der Waals surface area contributed by atoms with Gasteiger partial charge in [0, 0.05) is 12.0 Å². The first-order valence-electron chi connectivity index (χ1n) is 11.0. The molecular weight excluding hydrogens is 461 g/mol. The number of amides is 2. The lowest BCUT2D eigenvalue weighted by Gasteiger charge is -2.23. The molecule has 3 aromatic rings. The molecule has 2 heterocycles. The van der Waals surface area contributed by atoms with Crippen molar-refractivity contribution in [2.75, 3.05) is 24.8 Å². The Kier molecular flexibility index (Phi) is 7.29. The molecule has 1 saturated carbocycles. The Balaban J connectivity index is 1.70. The van der Waals surface area contributed by atoms with Crippen molar-refractivity contribution in [3.63, 3.8) is 0 Å². The lowest BCUT2D eigenvalue weighted by molar-refractivity contribution is -0.117. The van der Waals surface area contributed by atoms with Crippen molar-refractivity contribution in [2.24, 2.45) is 5.92 Å². The van der Waals surface area contributed by atoms with Gasteiger partial charge in [-0.25, -0.2) is 0 Å². The van der Waals surface area contributed by atoms with Crippen LogP contribution in [0.4, 0.5) is 17.2 Å². The number of carbonyl (C=O) groups excluding carboxylic acids is 2. The molecule has 36 heavy (non-hydrogen) atoms. The van der Waals surface area contributed by atoms with E-state index in [-0.39, 0.29) is 34.9 Å². The number of aromatic nitrogens is 4. The average Bonchev–Trinajstić information content (AvgIpc) is 3.57. The molecule has 1 fully saturated rings. The van der Waals surface area contributed by atoms with Crippen molar-refractivity contribution in [3.05, 3.63) is 35.8 Å². The van der Waals surface area contributed by atoms with Gasteiger partial charge in [0.15, 0.2) is 23.1 Å². The minimum absolute atomic E-state index is 0.0579. The molecule has 178 valence electrons. The van der Waals surface area contributed by atoms with Crippen LogP contribution in [0, 0.1) is 5.92 Å². The van der Waals surface area contributed by atoms with Gasteiger partial charge in [-0.15, -0.1) is 10.2 Å². The number of anilines is 3. The third kappa shape index (κ3) is 6.03. The van der Waals surface area contributed by atoms with Gasteiger partial charge >= 0.3 is 0 Å². The van der Waals surface area contributed by atoms with Crippen LogP contribution in [-0.2, 0) is 11.3 Å². The fourth-order valence-corrected chi connectivity index (χ4v) is 3.31. The molecule has 0 saturated heterocycles. The maximum atomic E-state index is 12.8. The second-order valence-electron chi connectivity index (χ2n) is 8.20. The van der Waals surface area contributed by atoms with Crippen LogP contribution in [0.5, 0.6) is 5.75 Å². The SMILES string of the molecule is [B]C([B])([B])NC(=O)c1nnc(NC(=O)C2CC2)cc1Nc1cccc(-c2nc(CNC)no2)c1OC. The van der Waals surface area contributed by atoms with Crippen LogP contribution in [0.3, 0.4) is 0 Å². The zero-order chi connectivity index (χ0) is 25.9. The predicted molar refractivity (Wildman–Crippen MR) is 133 cm³/mol. The minimum atomic E-state index is -1.99. The van der Waals surface area contributed by atoms with Crippen molar-refractivity contribution in [2.45, 2.75) is 24.6 Å². The molecule has 1 aliphatic rings. The number of carbonyl (C=O) groups is 2. The van der Waals surface area contributed by atoms with Crippen molar-refractivity contribution < 1.29 is 18.8 Å². The number of benzene rings is 1. The Morgan fingerprint density at radius 3 is 2.64 bits per heavy atom. The van der Waals surface area contributed by atoms with E-state index in [9.17, 15) is 9.59 Å². The summed E-state index contributed by atoms with van der Waals surface area (Å²) in [5.41, 5.74) is 0.948. The summed E-state index contributed by atoms with van der Waals surface area (Å²) in [6, 6.07) is 6.64. The second kappa shape index (κ2) is 10.4. The van der Waals surface area contributed by atoms with Crippen LogP contribution in [0.25, 0.3) is 11.5 Å². The predicted octanol–water partition coefficient (Wildman–Crippen LogP) is 0.193. The molecule has 12 nitrogen and oxygen atoms in total. The van der Waals surface area contributed by atoms with E-state index in [0.717, 1.165) is 12.8 Å². The number of para-hydroxylation sites is 1. The zero-order valence-corrected chi connectivity index (χ0v) is 19.7. The van der Waals surface area contributed by atoms with E-state index in [1.165, 1.54) is 13.2 Å². The summed E-state index contributed by atoms with van der Waals surface area (Å²) in [5, 5.41) is 20.8. The summed E-state index contributed by atoms with van der Waals surface area (Å²) in [6.45, 7) is 0.422. The Morgan fingerprint density at radius 1 is 1.19 bits per heavy atom. The van der Waals surface area contributed by atoms with Gasteiger partial charge in [0.25, 0.3) is 11.8 Å². The lowest BCUT2D eigenvalue weighted by Crippen LogP contribution is -2.50. The highest BCUT2D eigenvalue weighted by molar-refractivity contribution is 6.60. The zero-order valence-electron chi connectivity index (χ0n) is 19.7. The smallest absolute Gasteiger partial charge is 0.272 e. The molecule has 2 amide bonds. The first-order chi connectivity index (χ1) is 17.2. The number of rotatable bonds is 10. The van der Waals surface area contributed by atoms with Gasteiger partial charge in [-0.3, -0.25) is 9.59 Å². The molecule has 2 aromatic heterocycles. The molecule has 4 N–H and O–H groups in total. The van der Waals surface area contributed by atoms with Crippen LogP contribution < -0.4 is 26.0 Å². The molecule has 0 unspecified atom stereocenters. The van der Waals surface area contributed by atoms with E-state index in [1.807, 2.05) is 0 Å². The fraction of sp³-hybridized carbons (Fsp3) is 0.333. The normalized spacial score (nSPS) is 13.2. The molecule has 0 spiro atoms. The summed E-state index contributed by atoms with van der Waals surface area (Å²) in [5.74, 6) is 0.187. The molecule has 15 heteroatoms. The first kappa shape index (κ1) is 25.2. The molecule has 1 aromatic carbocycles. The van der Waals surface area contributed by atoms with Gasteiger partial charge in [0.1, 0.15) is 0 Å². The Bertz CT molecular complexity index is 1280. The van der Waals surface area contributed by atoms with Crippen LogP contribution in [-0.4, -0.2) is 75.1 Å². The quantitative estimate of drug-likeness (QED) is 0.295. The highest BCUT2D eigenvalue weighted by Crippen LogP contribution is 2.38. The van der Waals surface area contributed by atoms with Crippen molar-refractivity contribution in [1.82, 2.24) is 31.0 Å². The van der Waals surface area contributed by atoms with Gasteiger partial charge in [-0.05, 0) is 32.0 Å².